The first-order valence-corrected chi connectivity index (χ1v) is 6.21. The van der Waals surface area contributed by atoms with Gasteiger partial charge in [0.05, 0.1) is 9.88 Å². The Morgan fingerprint density at radius 1 is 1.69 bits per heavy atom. The van der Waals surface area contributed by atoms with Crippen LogP contribution in [0.3, 0.4) is 0 Å². The molecule has 1 saturated heterocycles. The highest BCUT2D eigenvalue weighted by molar-refractivity contribution is 7.99. The Balaban J connectivity index is 2.28. The Hall–Kier alpha value is -0.350. The van der Waals surface area contributed by atoms with E-state index in [9.17, 15) is 4.79 Å². The van der Waals surface area contributed by atoms with Crippen LogP contribution < -0.4 is 0 Å². The van der Waals surface area contributed by atoms with Gasteiger partial charge in [0.25, 0.3) is 0 Å². The predicted octanol–water partition coefficient (Wildman–Crippen LogP) is 2.35. The maximum Gasteiger partial charge on any atom is 0.161 e. The summed E-state index contributed by atoms with van der Waals surface area (Å²) < 4.78 is 0. The molecule has 0 N–H and O–H groups in total. The lowest BCUT2D eigenvalue weighted by Gasteiger charge is -2.18. The summed E-state index contributed by atoms with van der Waals surface area (Å²) in [5.74, 6) is 2.35. The van der Waals surface area contributed by atoms with E-state index in [-0.39, 0.29) is 5.41 Å². The van der Waals surface area contributed by atoms with Crippen LogP contribution in [0.1, 0.15) is 28.0 Å². The van der Waals surface area contributed by atoms with E-state index in [1.807, 2.05) is 11.8 Å². The van der Waals surface area contributed by atoms with Gasteiger partial charge >= 0.3 is 0 Å². The number of carbonyl (C=O) groups is 1. The van der Waals surface area contributed by atoms with Crippen LogP contribution in [0.4, 0.5) is 0 Å². The molecule has 0 spiro atoms. The molecule has 2 rings (SSSR count). The van der Waals surface area contributed by atoms with E-state index in [1.165, 1.54) is 23.5 Å². The van der Waals surface area contributed by atoms with Crippen molar-refractivity contribution >= 4 is 29.4 Å². The van der Waals surface area contributed by atoms with Crippen LogP contribution in [0, 0.1) is 0 Å². The van der Waals surface area contributed by atoms with Crippen molar-refractivity contribution in [3.8, 4) is 0 Å². The fourth-order valence-electron chi connectivity index (χ4n) is 1.46. The molecule has 1 atom stereocenters. The summed E-state index contributed by atoms with van der Waals surface area (Å²) in [4.78, 5) is 15.6. The van der Waals surface area contributed by atoms with Crippen molar-refractivity contribution in [2.75, 3.05) is 11.5 Å². The van der Waals surface area contributed by atoms with Gasteiger partial charge in [0.1, 0.15) is 0 Å². The predicted molar refractivity (Wildman–Crippen MR) is 56.8 cm³/mol. The molecule has 0 aliphatic carbocycles. The van der Waals surface area contributed by atoms with Gasteiger partial charge in [-0.2, -0.15) is 11.8 Å². The normalized spacial score (nSPS) is 27.8. The number of aldehydes is 1. The lowest BCUT2D eigenvalue weighted by Crippen LogP contribution is -2.20. The zero-order valence-corrected chi connectivity index (χ0v) is 9.08. The zero-order valence-electron chi connectivity index (χ0n) is 7.45. The highest BCUT2D eigenvalue weighted by Crippen LogP contribution is 2.39. The second-order valence-electron chi connectivity index (χ2n) is 3.55. The molecular formula is C9H11NOS2. The van der Waals surface area contributed by atoms with Crippen LogP contribution in [0.5, 0.6) is 0 Å². The molecule has 1 aliphatic rings. The van der Waals surface area contributed by atoms with Crippen molar-refractivity contribution in [1.82, 2.24) is 4.98 Å². The summed E-state index contributed by atoms with van der Waals surface area (Å²) >= 11 is 3.51. The first-order chi connectivity index (χ1) is 6.24. The highest BCUT2D eigenvalue weighted by atomic mass is 32.2. The molecule has 1 aromatic heterocycles. The first-order valence-electron chi connectivity index (χ1n) is 4.24. The van der Waals surface area contributed by atoms with Crippen LogP contribution in [0.2, 0.25) is 0 Å². The third-order valence-corrected chi connectivity index (χ3v) is 4.94. The van der Waals surface area contributed by atoms with Gasteiger partial charge in [-0.15, -0.1) is 11.3 Å². The van der Waals surface area contributed by atoms with Crippen molar-refractivity contribution < 1.29 is 4.79 Å². The molecule has 1 aromatic rings. The van der Waals surface area contributed by atoms with Crippen LogP contribution >= 0.6 is 23.1 Å². The van der Waals surface area contributed by atoms with Crippen LogP contribution in [-0.2, 0) is 5.41 Å². The van der Waals surface area contributed by atoms with Crippen molar-refractivity contribution in [1.29, 1.82) is 0 Å². The molecule has 4 heteroatoms. The molecule has 0 aromatic carbocycles. The smallest absolute Gasteiger partial charge is 0.161 e. The minimum atomic E-state index is 0.219. The Morgan fingerprint density at radius 3 is 3.08 bits per heavy atom. The van der Waals surface area contributed by atoms with Gasteiger partial charge in [0.15, 0.2) is 6.29 Å². The highest BCUT2D eigenvalue weighted by Gasteiger charge is 2.33. The van der Waals surface area contributed by atoms with Gasteiger partial charge in [0, 0.05) is 17.4 Å². The number of hydrogen-bond donors (Lipinski definition) is 0. The van der Waals surface area contributed by atoms with E-state index in [2.05, 4.69) is 11.9 Å². The summed E-state index contributed by atoms with van der Waals surface area (Å²) in [5.41, 5.74) is 0.219. The molecule has 0 amide bonds. The standard InChI is InChI=1S/C9H11NOS2/c1-9(2-3-12-6-9)8-10-4-7(5-11)13-8/h4-5H,2-3,6H2,1H3. The molecule has 0 bridgehead atoms. The SMILES string of the molecule is CC1(c2ncc(C=O)s2)CCSC1. The number of rotatable bonds is 2. The van der Waals surface area contributed by atoms with E-state index >= 15 is 0 Å². The van der Waals surface area contributed by atoms with Crippen LogP contribution in [0.15, 0.2) is 6.20 Å². The molecule has 0 saturated carbocycles. The fourth-order valence-corrected chi connectivity index (χ4v) is 3.92. The topological polar surface area (TPSA) is 30.0 Å². The molecule has 13 heavy (non-hydrogen) atoms. The van der Waals surface area contributed by atoms with E-state index in [1.54, 1.807) is 6.20 Å². The minimum absolute atomic E-state index is 0.219. The van der Waals surface area contributed by atoms with Crippen molar-refractivity contribution in [3.05, 3.63) is 16.1 Å². The molecule has 2 nitrogen and oxygen atoms in total. The second-order valence-corrected chi connectivity index (χ2v) is 5.72. The Morgan fingerprint density at radius 2 is 2.54 bits per heavy atom. The monoisotopic (exact) mass is 213 g/mol. The van der Waals surface area contributed by atoms with Crippen molar-refractivity contribution in [3.63, 3.8) is 0 Å². The van der Waals surface area contributed by atoms with Crippen molar-refractivity contribution in [2.45, 2.75) is 18.8 Å². The van der Waals surface area contributed by atoms with Crippen LogP contribution in [-0.4, -0.2) is 22.8 Å². The van der Waals surface area contributed by atoms with Gasteiger partial charge in [-0.1, -0.05) is 6.92 Å². The summed E-state index contributed by atoms with van der Waals surface area (Å²) in [6.07, 6.45) is 3.75. The van der Waals surface area contributed by atoms with Crippen LogP contribution in [0.25, 0.3) is 0 Å². The van der Waals surface area contributed by atoms with Gasteiger partial charge in [0.2, 0.25) is 0 Å². The van der Waals surface area contributed by atoms with E-state index < -0.39 is 0 Å². The van der Waals surface area contributed by atoms with E-state index in [0.717, 1.165) is 21.9 Å². The third kappa shape index (κ3) is 1.65. The van der Waals surface area contributed by atoms with Crippen molar-refractivity contribution in [2.24, 2.45) is 0 Å². The molecule has 70 valence electrons. The third-order valence-electron chi connectivity index (χ3n) is 2.37. The van der Waals surface area contributed by atoms with E-state index in [0.29, 0.717) is 0 Å². The van der Waals surface area contributed by atoms with Gasteiger partial charge in [-0.3, -0.25) is 4.79 Å². The number of thioether (sulfide) groups is 1. The average molecular weight is 213 g/mol. The molecule has 1 fully saturated rings. The average Bonchev–Trinajstić information content (AvgIpc) is 2.72. The largest absolute Gasteiger partial charge is 0.297 e. The molecule has 1 aliphatic heterocycles. The lowest BCUT2D eigenvalue weighted by molar-refractivity contribution is 0.112. The summed E-state index contributed by atoms with van der Waals surface area (Å²) in [7, 11) is 0. The summed E-state index contributed by atoms with van der Waals surface area (Å²) in [6, 6.07) is 0. The van der Waals surface area contributed by atoms with E-state index in [4.69, 9.17) is 0 Å². The van der Waals surface area contributed by atoms with Gasteiger partial charge < -0.3 is 0 Å². The molecule has 1 unspecified atom stereocenters. The maximum absolute atomic E-state index is 10.5. The number of carbonyl (C=O) groups excluding carboxylic acids is 1. The number of aromatic nitrogens is 1. The van der Waals surface area contributed by atoms with Gasteiger partial charge in [-0.25, -0.2) is 4.98 Å². The lowest BCUT2D eigenvalue weighted by atomic mass is 9.91. The number of nitrogens with zero attached hydrogens (tertiary/aromatic N) is 1. The Kier molecular flexibility index (Phi) is 2.43. The Labute approximate surface area is 85.8 Å². The Bertz CT molecular complexity index is 315. The molecule has 0 radical (unpaired) electrons. The quantitative estimate of drug-likeness (QED) is 0.706. The summed E-state index contributed by atoms with van der Waals surface area (Å²) in [6.45, 7) is 2.24. The zero-order chi connectivity index (χ0) is 9.31. The first kappa shape index (κ1) is 9.21. The molecule has 2 heterocycles. The number of thiazole rings is 1. The van der Waals surface area contributed by atoms with Gasteiger partial charge in [-0.05, 0) is 12.2 Å². The fraction of sp³-hybridized carbons (Fsp3) is 0.556. The maximum atomic E-state index is 10.5. The second kappa shape index (κ2) is 3.42. The minimum Gasteiger partial charge on any atom is -0.297 e. The molecular weight excluding hydrogens is 202 g/mol. The number of hydrogen-bond acceptors (Lipinski definition) is 4. The summed E-state index contributed by atoms with van der Waals surface area (Å²) in [5, 5.41) is 1.12.